The van der Waals surface area contributed by atoms with Gasteiger partial charge in [0.25, 0.3) is 5.91 Å². The van der Waals surface area contributed by atoms with E-state index in [2.05, 4.69) is 20.2 Å². The van der Waals surface area contributed by atoms with Crippen LogP contribution in [0.25, 0.3) is 0 Å². The lowest BCUT2D eigenvalue weighted by atomic mass is 9.92. The third kappa shape index (κ3) is 6.56. The third-order valence-corrected chi connectivity index (χ3v) is 6.19. The second-order valence-corrected chi connectivity index (χ2v) is 9.10. The van der Waals surface area contributed by atoms with Crippen LogP contribution < -0.4 is 20.7 Å². The van der Waals surface area contributed by atoms with Crippen molar-refractivity contribution in [3.05, 3.63) is 46.2 Å². The van der Waals surface area contributed by atoms with E-state index in [1.165, 1.54) is 0 Å². The van der Waals surface area contributed by atoms with Gasteiger partial charge in [0, 0.05) is 31.2 Å². The quantitative estimate of drug-likeness (QED) is 0.552. The minimum atomic E-state index is -0.0835. The SMILES string of the molecule is Cc1cc(OCCCC2CCN(c3ncc(Cl)cn3)CC2)cc(C)c1C(=O)N[C@H](C)CN. The summed E-state index contributed by atoms with van der Waals surface area (Å²) in [5, 5.41) is 3.49. The first-order valence-corrected chi connectivity index (χ1v) is 11.7. The summed E-state index contributed by atoms with van der Waals surface area (Å²) in [5.74, 6) is 2.19. The lowest BCUT2D eigenvalue weighted by molar-refractivity contribution is 0.0940. The molecule has 0 radical (unpaired) electrons. The van der Waals surface area contributed by atoms with Crippen molar-refractivity contribution < 1.29 is 9.53 Å². The molecule has 0 unspecified atom stereocenters. The van der Waals surface area contributed by atoms with Gasteiger partial charge in [-0.3, -0.25) is 4.79 Å². The first-order chi connectivity index (χ1) is 15.4. The maximum absolute atomic E-state index is 12.5. The van der Waals surface area contributed by atoms with Crippen molar-refractivity contribution in [2.24, 2.45) is 11.7 Å². The number of anilines is 1. The molecule has 3 N–H and O–H groups in total. The van der Waals surface area contributed by atoms with Crippen LogP contribution in [0.3, 0.4) is 0 Å². The molecule has 1 fully saturated rings. The van der Waals surface area contributed by atoms with Gasteiger partial charge in [0.2, 0.25) is 5.95 Å². The van der Waals surface area contributed by atoms with Crippen molar-refractivity contribution in [2.75, 3.05) is 31.1 Å². The fourth-order valence-corrected chi connectivity index (χ4v) is 4.27. The topological polar surface area (TPSA) is 93.4 Å². The van der Waals surface area contributed by atoms with E-state index in [0.29, 0.717) is 29.7 Å². The van der Waals surface area contributed by atoms with E-state index in [4.69, 9.17) is 22.1 Å². The van der Waals surface area contributed by atoms with E-state index in [9.17, 15) is 4.79 Å². The van der Waals surface area contributed by atoms with Gasteiger partial charge < -0.3 is 20.7 Å². The van der Waals surface area contributed by atoms with Crippen LogP contribution >= 0.6 is 11.6 Å². The van der Waals surface area contributed by atoms with Crippen LogP contribution in [-0.2, 0) is 0 Å². The zero-order valence-corrected chi connectivity index (χ0v) is 20.0. The van der Waals surface area contributed by atoms with Gasteiger partial charge in [0.05, 0.1) is 24.0 Å². The molecule has 1 aliphatic heterocycles. The summed E-state index contributed by atoms with van der Waals surface area (Å²) in [5.41, 5.74) is 8.15. The highest BCUT2D eigenvalue weighted by Gasteiger charge is 2.21. The van der Waals surface area contributed by atoms with E-state index < -0.39 is 0 Å². The molecular weight excluding hydrogens is 426 g/mol. The van der Waals surface area contributed by atoms with E-state index in [-0.39, 0.29) is 11.9 Å². The Hall–Kier alpha value is -2.38. The molecule has 32 heavy (non-hydrogen) atoms. The second kappa shape index (κ2) is 11.5. The van der Waals surface area contributed by atoms with Crippen LogP contribution in [0, 0.1) is 19.8 Å². The highest BCUT2D eigenvalue weighted by molar-refractivity contribution is 6.30. The third-order valence-electron chi connectivity index (χ3n) is 5.99. The number of benzene rings is 1. The molecule has 1 atom stereocenters. The maximum atomic E-state index is 12.5. The fraction of sp³-hybridized carbons (Fsp3) is 0.542. The first kappa shape index (κ1) is 24.3. The predicted octanol–water partition coefficient (Wildman–Crippen LogP) is 3.90. The number of nitrogens with two attached hydrogens (primary N) is 1. The zero-order valence-electron chi connectivity index (χ0n) is 19.2. The van der Waals surface area contributed by atoms with Gasteiger partial charge in [-0.1, -0.05) is 11.6 Å². The lowest BCUT2D eigenvalue weighted by Gasteiger charge is -2.32. The number of ether oxygens (including phenoxy) is 1. The van der Waals surface area contributed by atoms with Gasteiger partial charge in [-0.2, -0.15) is 0 Å². The molecule has 1 amide bonds. The number of carbonyl (C=O) groups is 1. The molecule has 3 rings (SSSR count). The number of piperidine rings is 1. The number of hydrogen-bond acceptors (Lipinski definition) is 6. The van der Waals surface area contributed by atoms with Gasteiger partial charge in [0.1, 0.15) is 5.75 Å². The van der Waals surface area contributed by atoms with Crippen LogP contribution in [0.1, 0.15) is 54.1 Å². The number of hydrogen-bond donors (Lipinski definition) is 2. The molecule has 2 heterocycles. The predicted molar refractivity (Wildman–Crippen MR) is 129 cm³/mol. The van der Waals surface area contributed by atoms with Crippen molar-refractivity contribution in [2.45, 2.75) is 52.5 Å². The Balaban J connectivity index is 1.42. The monoisotopic (exact) mass is 459 g/mol. The Morgan fingerprint density at radius 1 is 1.25 bits per heavy atom. The number of amides is 1. The van der Waals surface area contributed by atoms with E-state index in [0.717, 1.165) is 61.6 Å². The van der Waals surface area contributed by atoms with Gasteiger partial charge in [-0.25, -0.2) is 9.97 Å². The molecule has 1 aliphatic rings. The van der Waals surface area contributed by atoms with E-state index in [1.54, 1.807) is 12.4 Å². The second-order valence-electron chi connectivity index (χ2n) is 8.66. The molecular formula is C24H34ClN5O2. The van der Waals surface area contributed by atoms with Gasteiger partial charge >= 0.3 is 0 Å². The smallest absolute Gasteiger partial charge is 0.252 e. The average molecular weight is 460 g/mol. The van der Waals surface area contributed by atoms with Crippen molar-refractivity contribution in [1.82, 2.24) is 15.3 Å². The van der Waals surface area contributed by atoms with Crippen LogP contribution in [-0.4, -0.2) is 48.2 Å². The number of carbonyl (C=O) groups excluding carboxylic acids is 1. The van der Waals surface area contributed by atoms with Gasteiger partial charge in [0.15, 0.2) is 0 Å². The molecule has 0 spiro atoms. The number of aryl methyl sites for hydroxylation is 2. The molecule has 7 nitrogen and oxygen atoms in total. The van der Waals surface area contributed by atoms with Crippen LogP contribution in [0.5, 0.6) is 5.75 Å². The normalized spacial score (nSPS) is 15.5. The Bertz CT molecular complexity index is 875. The average Bonchev–Trinajstić information content (AvgIpc) is 2.77. The van der Waals surface area contributed by atoms with Crippen LogP contribution in [0.15, 0.2) is 24.5 Å². The van der Waals surface area contributed by atoms with Crippen molar-refractivity contribution in [1.29, 1.82) is 0 Å². The first-order valence-electron chi connectivity index (χ1n) is 11.3. The van der Waals surface area contributed by atoms with Gasteiger partial charge in [-0.15, -0.1) is 0 Å². The number of nitrogens with zero attached hydrogens (tertiary/aromatic N) is 3. The molecule has 1 aromatic carbocycles. The number of rotatable bonds is 9. The van der Waals surface area contributed by atoms with Crippen LogP contribution in [0.2, 0.25) is 5.02 Å². The minimum Gasteiger partial charge on any atom is -0.494 e. The summed E-state index contributed by atoms with van der Waals surface area (Å²) in [7, 11) is 0. The number of aromatic nitrogens is 2. The summed E-state index contributed by atoms with van der Waals surface area (Å²) in [6, 6.07) is 3.84. The van der Waals surface area contributed by atoms with Gasteiger partial charge in [-0.05, 0) is 75.6 Å². The number of nitrogens with one attached hydrogen (secondary N) is 1. The summed E-state index contributed by atoms with van der Waals surface area (Å²) >= 11 is 5.87. The highest BCUT2D eigenvalue weighted by atomic mass is 35.5. The molecule has 0 bridgehead atoms. The Labute approximate surface area is 195 Å². The highest BCUT2D eigenvalue weighted by Crippen LogP contribution is 2.26. The summed E-state index contributed by atoms with van der Waals surface area (Å²) in [4.78, 5) is 23.4. The summed E-state index contributed by atoms with van der Waals surface area (Å²) < 4.78 is 6.00. The fourth-order valence-electron chi connectivity index (χ4n) is 4.17. The molecule has 1 saturated heterocycles. The molecule has 1 aromatic heterocycles. The Morgan fingerprint density at radius 3 is 2.47 bits per heavy atom. The summed E-state index contributed by atoms with van der Waals surface area (Å²) in [6.45, 7) is 8.82. The number of halogens is 1. The maximum Gasteiger partial charge on any atom is 0.252 e. The van der Waals surface area contributed by atoms with Crippen LogP contribution in [0.4, 0.5) is 5.95 Å². The standard InChI is InChI=1S/C24H34ClN5O2/c1-16-11-21(12-17(2)22(16)23(31)29-18(3)13-26)32-10-4-5-19-6-8-30(9-7-19)24-27-14-20(25)15-28-24/h11-12,14-15,18-19H,4-10,13,26H2,1-3H3,(H,29,31)/t18-/m1/s1. The van der Waals surface area contributed by atoms with E-state index >= 15 is 0 Å². The van der Waals surface area contributed by atoms with Crippen molar-refractivity contribution in [3.63, 3.8) is 0 Å². The largest absolute Gasteiger partial charge is 0.494 e. The van der Waals surface area contributed by atoms with Crippen molar-refractivity contribution in [3.8, 4) is 5.75 Å². The molecule has 174 valence electrons. The molecule has 8 heteroatoms. The van der Waals surface area contributed by atoms with E-state index in [1.807, 2.05) is 32.9 Å². The Kier molecular flexibility index (Phi) is 8.70. The summed E-state index contributed by atoms with van der Waals surface area (Å²) in [6.07, 6.45) is 7.72. The Morgan fingerprint density at radius 2 is 1.88 bits per heavy atom. The molecule has 0 aliphatic carbocycles. The zero-order chi connectivity index (χ0) is 23.1. The molecule has 2 aromatic rings. The molecule has 0 saturated carbocycles. The lowest BCUT2D eigenvalue weighted by Crippen LogP contribution is -2.38. The minimum absolute atomic E-state index is 0.0530. The van der Waals surface area contributed by atoms with Crippen molar-refractivity contribution >= 4 is 23.5 Å².